The first kappa shape index (κ1) is 13.8. The normalized spacial score (nSPS) is 10.6. The van der Waals surface area contributed by atoms with Gasteiger partial charge in [-0.25, -0.2) is 13.6 Å². The fourth-order valence-electron chi connectivity index (χ4n) is 1.24. The molecule has 0 saturated carbocycles. The van der Waals surface area contributed by atoms with Crippen LogP contribution < -0.4 is 5.43 Å². The molecule has 0 aliphatic rings. The quantitative estimate of drug-likeness (QED) is 0.686. The zero-order chi connectivity index (χ0) is 13.0. The monoisotopic (exact) mass is 309 g/mol. The number of alkyl halides is 3. The average Bonchev–Trinajstić information content (AvgIpc) is 2.28. The summed E-state index contributed by atoms with van der Waals surface area (Å²) in [6.45, 7) is 1.68. The van der Waals surface area contributed by atoms with Crippen molar-refractivity contribution in [3.05, 3.63) is 33.2 Å². The Balaban J connectivity index is 3.34. The van der Waals surface area contributed by atoms with Gasteiger partial charge in [-0.15, -0.1) is 0 Å². The van der Waals surface area contributed by atoms with Crippen LogP contribution in [0.1, 0.15) is 35.1 Å². The van der Waals surface area contributed by atoms with E-state index in [4.69, 9.17) is 0 Å². The summed E-state index contributed by atoms with van der Waals surface area (Å²) < 4.78 is 29.6. The minimum Gasteiger partial charge on any atom is -0.461 e. The standard InChI is InChI=1S/C10H10BrF2NO3/c1-2-17-10(16)8-5(4-11)7(15)3-6(14-8)9(12)13/h3,9H,2,4H2,1H3,(H,14,15). The molecule has 0 aliphatic heterocycles. The number of esters is 1. The number of pyridine rings is 1. The lowest BCUT2D eigenvalue weighted by Crippen LogP contribution is -2.20. The van der Waals surface area contributed by atoms with Crippen molar-refractivity contribution in [3.8, 4) is 0 Å². The number of ether oxygens (including phenoxy) is 1. The Kier molecular flexibility index (Phi) is 4.80. The summed E-state index contributed by atoms with van der Waals surface area (Å²) in [6.07, 6.45) is -2.85. The van der Waals surface area contributed by atoms with Crippen molar-refractivity contribution in [3.63, 3.8) is 0 Å². The topological polar surface area (TPSA) is 59.2 Å². The van der Waals surface area contributed by atoms with Gasteiger partial charge in [-0.2, -0.15) is 0 Å². The number of aromatic amines is 1. The molecule has 0 spiro atoms. The second-order valence-electron chi connectivity index (χ2n) is 3.10. The van der Waals surface area contributed by atoms with Gasteiger partial charge in [0.1, 0.15) is 5.69 Å². The first-order valence-corrected chi connectivity index (χ1v) is 5.90. The molecule has 0 bridgehead atoms. The van der Waals surface area contributed by atoms with E-state index >= 15 is 0 Å². The van der Waals surface area contributed by atoms with Gasteiger partial charge < -0.3 is 9.72 Å². The van der Waals surface area contributed by atoms with Crippen LogP contribution in [-0.2, 0) is 10.1 Å². The van der Waals surface area contributed by atoms with Crippen molar-refractivity contribution >= 4 is 21.9 Å². The maximum atomic E-state index is 12.5. The number of aromatic nitrogens is 1. The van der Waals surface area contributed by atoms with Crippen molar-refractivity contribution < 1.29 is 18.3 Å². The highest BCUT2D eigenvalue weighted by atomic mass is 79.9. The number of carbonyl (C=O) groups excluding carboxylic acids is 1. The number of carbonyl (C=O) groups is 1. The predicted octanol–water partition coefficient (Wildman–Crippen LogP) is 2.38. The van der Waals surface area contributed by atoms with E-state index < -0.39 is 23.5 Å². The van der Waals surface area contributed by atoms with E-state index in [9.17, 15) is 18.4 Å². The van der Waals surface area contributed by atoms with Crippen molar-refractivity contribution in [2.24, 2.45) is 0 Å². The highest BCUT2D eigenvalue weighted by molar-refractivity contribution is 9.08. The summed E-state index contributed by atoms with van der Waals surface area (Å²) in [7, 11) is 0. The van der Waals surface area contributed by atoms with Gasteiger partial charge in [0.05, 0.1) is 12.3 Å². The van der Waals surface area contributed by atoms with Crippen LogP contribution in [0, 0.1) is 0 Å². The Morgan fingerprint density at radius 3 is 2.71 bits per heavy atom. The molecule has 0 aliphatic carbocycles. The zero-order valence-corrected chi connectivity index (χ0v) is 10.5. The Labute approximate surface area is 104 Å². The maximum Gasteiger partial charge on any atom is 0.355 e. The largest absolute Gasteiger partial charge is 0.461 e. The molecule has 0 saturated heterocycles. The lowest BCUT2D eigenvalue weighted by Gasteiger charge is -2.08. The molecule has 94 valence electrons. The number of H-pyrrole nitrogens is 1. The molecule has 0 radical (unpaired) electrons. The molecule has 0 fully saturated rings. The predicted molar refractivity (Wildman–Crippen MR) is 60.6 cm³/mol. The van der Waals surface area contributed by atoms with Gasteiger partial charge in [0.15, 0.2) is 5.43 Å². The van der Waals surface area contributed by atoms with Crippen molar-refractivity contribution in [1.29, 1.82) is 0 Å². The summed E-state index contributed by atoms with van der Waals surface area (Å²) in [5, 5.41) is 0.0833. The maximum absolute atomic E-state index is 12.5. The minimum absolute atomic E-state index is 0.0767. The van der Waals surface area contributed by atoms with Gasteiger partial charge in [0.2, 0.25) is 0 Å². The van der Waals surface area contributed by atoms with Gasteiger partial charge in [-0.05, 0) is 6.92 Å². The van der Waals surface area contributed by atoms with Crippen LogP contribution in [0.15, 0.2) is 10.9 Å². The molecule has 0 unspecified atom stereocenters. The van der Waals surface area contributed by atoms with Crippen LogP contribution in [0.2, 0.25) is 0 Å². The molecule has 4 nitrogen and oxygen atoms in total. The number of hydrogen-bond acceptors (Lipinski definition) is 3. The zero-order valence-electron chi connectivity index (χ0n) is 8.93. The number of rotatable bonds is 4. The van der Waals surface area contributed by atoms with Crippen LogP contribution in [0.4, 0.5) is 8.78 Å². The number of halogens is 3. The van der Waals surface area contributed by atoms with Gasteiger partial charge >= 0.3 is 5.97 Å². The molecule has 0 amide bonds. The van der Waals surface area contributed by atoms with E-state index in [2.05, 4.69) is 25.7 Å². The van der Waals surface area contributed by atoms with Gasteiger partial charge in [-0.1, -0.05) is 15.9 Å². The molecule has 1 heterocycles. The van der Waals surface area contributed by atoms with Crippen molar-refractivity contribution in [2.45, 2.75) is 18.7 Å². The third kappa shape index (κ3) is 3.12. The SMILES string of the molecule is CCOC(=O)c1[nH]c(C(F)F)cc(=O)c1CBr. The molecular formula is C10H10BrF2NO3. The molecule has 0 aromatic carbocycles. The summed E-state index contributed by atoms with van der Waals surface area (Å²) >= 11 is 3.02. The van der Waals surface area contributed by atoms with Crippen LogP contribution in [0.5, 0.6) is 0 Å². The molecule has 1 N–H and O–H groups in total. The molecule has 1 aromatic rings. The summed E-state index contributed by atoms with van der Waals surface area (Å²) in [6, 6.07) is 0.782. The third-order valence-electron chi connectivity index (χ3n) is 2.00. The minimum atomic E-state index is -2.85. The highest BCUT2D eigenvalue weighted by Crippen LogP contribution is 2.17. The average molecular weight is 310 g/mol. The van der Waals surface area contributed by atoms with E-state index in [0.717, 1.165) is 6.07 Å². The smallest absolute Gasteiger partial charge is 0.355 e. The van der Waals surface area contributed by atoms with E-state index in [1.807, 2.05) is 0 Å². The van der Waals surface area contributed by atoms with Crippen LogP contribution in [0.3, 0.4) is 0 Å². The van der Waals surface area contributed by atoms with Crippen molar-refractivity contribution in [1.82, 2.24) is 4.98 Å². The lowest BCUT2D eigenvalue weighted by atomic mass is 10.2. The van der Waals surface area contributed by atoms with Crippen molar-refractivity contribution in [2.75, 3.05) is 6.61 Å². The Morgan fingerprint density at radius 1 is 1.59 bits per heavy atom. The fraction of sp³-hybridized carbons (Fsp3) is 0.400. The molecular weight excluding hydrogens is 300 g/mol. The molecule has 7 heteroatoms. The van der Waals surface area contributed by atoms with Gasteiger partial charge in [0.25, 0.3) is 6.43 Å². The summed E-state index contributed by atoms with van der Waals surface area (Å²) in [5.41, 5.74) is -1.37. The van der Waals surface area contributed by atoms with E-state index in [-0.39, 0.29) is 23.2 Å². The highest BCUT2D eigenvalue weighted by Gasteiger charge is 2.19. The summed E-state index contributed by atoms with van der Waals surface area (Å²) in [4.78, 5) is 25.2. The third-order valence-corrected chi connectivity index (χ3v) is 2.56. The van der Waals surface area contributed by atoms with Crippen LogP contribution in [-0.4, -0.2) is 17.6 Å². The van der Waals surface area contributed by atoms with Gasteiger partial charge in [0, 0.05) is 17.0 Å². The number of nitrogens with one attached hydrogen (secondary N) is 1. The van der Waals surface area contributed by atoms with Crippen LogP contribution in [0.25, 0.3) is 0 Å². The van der Waals surface area contributed by atoms with E-state index in [0.29, 0.717) is 0 Å². The second kappa shape index (κ2) is 5.90. The molecule has 1 aromatic heterocycles. The molecule has 17 heavy (non-hydrogen) atoms. The lowest BCUT2D eigenvalue weighted by molar-refractivity contribution is 0.0516. The Bertz CT molecular complexity index is 473. The molecule has 1 rings (SSSR count). The Hall–Kier alpha value is -1.24. The van der Waals surface area contributed by atoms with Gasteiger partial charge in [-0.3, -0.25) is 4.79 Å². The first-order chi connectivity index (χ1) is 8.01. The fourth-order valence-corrected chi connectivity index (χ4v) is 1.79. The van der Waals surface area contributed by atoms with Crippen LogP contribution >= 0.6 is 15.9 Å². The summed E-state index contributed by atoms with van der Waals surface area (Å²) in [5.74, 6) is -0.818. The van der Waals surface area contributed by atoms with E-state index in [1.54, 1.807) is 6.92 Å². The number of hydrogen-bond donors (Lipinski definition) is 1. The second-order valence-corrected chi connectivity index (χ2v) is 3.66. The molecule has 0 atom stereocenters. The van der Waals surface area contributed by atoms with E-state index in [1.165, 1.54) is 0 Å². The Morgan fingerprint density at radius 2 is 2.24 bits per heavy atom. The first-order valence-electron chi connectivity index (χ1n) is 4.78.